The second kappa shape index (κ2) is 6.50. The molecule has 17 heavy (non-hydrogen) atoms. The van der Waals surface area contributed by atoms with Crippen molar-refractivity contribution in [3.63, 3.8) is 0 Å². The summed E-state index contributed by atoms with van der Waals surface area (Å²) in [4.78, 5) is 4.60. The average Bonchev–Trinajstić information content (AvgIpc) is 2.85. The van der Waals surface area contributed by atoms with Crippen molar-refractivity contribution in [2.75, 3.05) is 0 Å². The topological polar surface area (TPSA) is 24.9 Å². The van der Waals surface area contributed by atoms with Gasteiger partial charge in [-0.25, -0.2) is 4.98 Å². The van der Waals surface area contributed by atoms with Gasteiger partial charge in [0.2, 0.25) is 0 Å². The van der Waals surface area contributed by atoms with Gasteiger partial charge in [0, 0.05) is 18.0 Å². The van der Waals surface area contributed by atoms with E-state index in [2.05, 4.69) is 29.5 Å². The van der Waals surface area contributed by atoms with Crippen LogP contribution in [0.25, 0.3) is 0 Å². The van der Waals surface area contributed by atoms with E-state index in [-0.39, 0.29) is 0 Å². The molecule has 1 N–H and O–H groups in total. The third-order valence-corrected chi connectivity index (χ3v) is 4.91. The average molecular weight is 252 g/mol. The molecule has 0 aromatic carbocycles. The van der Waals surface area contributed by atoms with Gasteiger partial charge < -0.3 is 5.32 Å². The summed E-state index contributed by atoms with van der Waals surface area (Å²) in [6.45, 7) is 5.44. The first kappa shape index (κ1) is 13.0. The fourth-order valence-corrected chi connectivity index (χ4v) is 3.40. The Morgan fingerprint density at radius 3 is 2.82 bits per heavy atom. The SMILES string of the molecule is CCc1nc(CN[C@H](C)C2CCCCC2)cs1. The van der Waals surface area contributed by atoms with E-state index in [1.165, 1.54) is 42.8 Å². The lowest BCUT2D eigenvalue weighted by Gasteiger charge is -2.28. The van der Waals surface area contributed by atoms with Gasteiger partial charge in [0.25, 0.3) is 0 Å². The van der Waals surface area contributed by atoms with E-state index in [0.717, 1.165) is 18.9 Å². The van der Waals surface area contributed by atoms with E-state index in [0.29, 0.717) is 6.04 Å². The van der Waals surface area contributed by atoms with Crippen LogP contribution in [-0.2, 0) is 13.0 Å². The summed E-state index contributed by atoms with van der Waals surface area (Å²) in [5.41, 5.74) is 1.22. The summed E-state index contributed by atoms with van der Waals surface area (Å²) < 4.78 is 0. The highest BCUT2D eigenvalue weighted by Crippen LogP contribution is 2.26. The zero-order valence-corrected chi connectivity index (χ0v) is 11.9. The number of aryl methyl sites for hydroxylation is 1. The van der Waals surface area contributed by atoms with Gasteiger partial charge in [-0.15, -0.1) is 11.3 Å². The van der Waals surface area contributed by atoms with Gasteiger partial charge in [-0.3, -0.25) is 0 Å². The van der Waals surface area contributed by atoms with Crippen LogP contribution >= 0.6 is 11.3 Å². The molecule has 1 saturated carbocycles. The number of hydrogen-bond donors (Lipinski definition) is 1. The molecule has 0 spiro atoms. The summed E-state index contributed by atoms with van der Waals surface area (Å²) >= 11 is 1.79. The van der Waals surface area contributed by atoms with Crippen LogP contribution in [0.4, 0.5) is 0 Å². The summed E-state index contributed by atoms with van der Waals surface area (Å²) in [7, 11) is 0. The quantitative estimate of drug-likeness (QED) is 0.863. The lowest BCUT2D eigenvalue weighted by atomic mass is 9.84. The Labute approximate surface area is 109 Å². The van der Waals surface area contributed by atoms with Crippen molar-refractivity contribution < 1.29 is 0 Å². The Kier molecular flexibility index (Phi) is 4.99. The molecule has 0 unspecified atom stereocenters. The van der Waals surface area contributed by atoms with Crippen molar-refractivity contribution in [2.45, 2.75) is 65.0 Å². The lowest BCUT2D eigenvalue weighted by Crippen LogP contribution is -2.34. The van der Waals surface area contributed by atoms with Crippen LogP contribution in [0, 0.1) is 5.92 Å². The van der Waals surface area contributed by atoms with E-state index in [4.69, 9.17) is 0 Å². The Morgan fingerprint density at radius 1 is 1.41 bits per heavy atom. The predicted octanol–water partition coefficient (Wildman–Crippen LogP) is 3.76. The molecule has 0 radical (unpaired) electrons. The van der Waals surface area contributed by atoms with E-state index in [9.17, 15) is 0 Å². The van der Waals surface area contributed by atoms with Crippen LogP contribution in [0.3, 0.4) is 0 Å². The van der Waals surface area contributed by atoms with Gasteiger partial charge in [-0.2, -0.15) is 0 Å². The van der Waals surface area contributed by atoms with Crippen molar-refractivity contribution >= 4 is 11.3 Å². The van der Waals surface area contributed by atoms with E-state index >= 15 is 0 Å². The Bertz CT molecular complexity index is 329. The normalized spacial score (nSPS) is 19.4. The van der Waals surface area contributed by atoms with Crippen LogP contribution < -0.4 is 5.32 Å². The fraction of sp³-hybridized carbons (Fsp3) is 0.786. The molecule has 1 aliphatic carbocycles. The number of rotatable bonds is 5. The summed E-state index contributed by atoms with van der Waals surface area (Å²) in [6, 6.07) is 0.641. The molecule has 2 rings (SSSR count). The first-order chi connectivity index (χ1) is 8.29. The lowest BCUT2D eigenvalue weighted by molar-refractivity contribution is 0.280. The smallest absolute Gasteiger partial charge is 0.0926 e. The van der Waals surface area contributed by atoms with Gasteiger partial charge in [-0.05, 0) is 32.1 Å². The Hall–Kier alpha value is -0.410. The first-order valence-electron chi connectivity index (χ1n) is 6.96. The molecule has 96 valence electrons. The number of aromatic nitrogens is 1. The molecule has 0 aliphatic heterocycles. The molecule has 1 atom stereocenters. The van der Waals surface area contributed by atoms with Gasteiger partial charge in [0.15, 0.2) is 0 Å². The zero-order chi connectivity index (χ0) is 12.1. The number of nitrogens with one attached hydrogen (secondary N) is 1. The number of hydrogen-bond acceptors (Lipinski definition) is 3. The van der Waals surface area contributed by atoms with Crippen molar-refractivity contribution in [1.82, 2.24) is 10.3 Å². The molecule has 3 heteroatoms. The molecule has 1 aromatic heterocycles. The maximum Gasteiger partial charge on any atom is 0.0926 e. The molecule has 1 aliphatic rings. The molecule has 1 heterocycles. The number of thiazole rings is 1. The molecule has 2 nitrogen and oxygen atoms in total. The van der Waals surface area contributed by atoms with Crippen LogP contribution in [0.2, 0.25) is 0 Å². The minimum Gasteiger partial charge on any atom is -0.308 e. The summed E-state index contributed by atoms with van der Waals surface area (Å²) in [6.07, 6.45) is 8.16. The van der Waals surface area contributed by atoms with Crippen molar-refractivity contribution in [1.29, 1.82) is 0 Å². The van der Waals surface area contributed by atoms with Crippen LogP contribution in [0.1, 0.15) is 56.7 Å². The molecular formula is C14H24N2S. The second-order valence-electron chi connectivity index (χ2n) is 5.15. The molecule has 0 bridgehead atoms. The highest BCUT2D eigenvalue weighted by atomic mass is 32.1. The third kappa shape index (κ3) is 3.78. The largest absolute Gasteiger partial charge is 0.308 e. The minimum atomic E-state index is 0.641. The molecular weight excluding hydrogens is 228 g/mol. The van der Waals surface area contributed by atoms with E-state index in [1.54, 1.807) is 11.3 Å². The molecule has 0 saturated heterocycles. The van der Waals surface area contributed by atoms with Gasteiger partial charge in [0.05, 0.1) is 10.7 Å². The Morgan fingerprint density at radius 2 is 2.18 bits per heavy atom. The van der Waals surface area contributed by atoms with Crippen molar-refractivity contribution in [2.24, 2.45) is 5.92 Å². The molecule has 1 fully saturated rings. The van der Waals surface area contributed by atoms with Gasteiger partial charge in [-0.1, -0.05) is 26.2 Å². The zero-order valence-electron chi connectivity index (χ0n) is 11.0. The monoisotopic (exact) mass is 252 g/mol. The third-order valence-electron chi connectivity index (χ3n) is 3.86. The first-order valence-corrected chi connectivity index (χ1v) is 7.84. The highest BCUT2D eigenvalue weighted by Gasteiger charge is 2.19. The maximum absolute atomic E-state index is 4.60. The van der Waals surface area contributed by atoms with Gasteiger partial charge >= 0.3 is 0 Å². The maximum atomic E-state index is 4.60. The molecule has 1 aromatic rings. The Balaban J connectivity index is 1.76. The van der Waals surface area contributed by atoms with Crippen LogP contribution in [-0.4, -0.2) is 11.0 Å². The van der Waals surface area contributed by atoms with E-state index < -0.39 is 0 Å². The summed E-state index contributed by atoms with van der Waals surface area (Å²) in [5.74, 6) is 0.882. The fourth-order valence-electron chi connectivity index (χ4n) is 2.66. The van der Waals surface area contributed by atoms with Crippen molar-refractivity contribution in [3.8, 4) is 0 Å². The standard InChI is InChI=1S/C14H24N2S/c1-3-14-16-13(10-17-14)9-15-11(2)12-7-5-4-6-8-12/h10-12,15H,3-9H2,1-2H3/t11-/m1/s1. The second-order valence-corrected chi connectivity index (χ2v) is 6.10. The molecule has 0 amide bonds. The van der Waals surface area contributed by atoms with Gasteiger partial charge in [0.1, 0.15) is 0 Å². The van der Waals surface area contributed by atoms with E-state index in [1.807, 2.05) is 0 Å². The predicted molar refractivity (Wildman–Crippen MR) is 74.4 cm³/mol. The number of nitrogens with zero attached hydrogens (tertiary/aromatic N) is 1. The van der Waals surface area contributed by atoms with Crippen LogP contribution in [0.15, 0.2) is 5.38 Å². The highest BCUT2D eigenvalue weighted by molar-refractivity contribution is 7.09. The van der Waals surface area contributed by atoms with Crippen molar-refractivity contribution in [3.05, 3.63) is 16.1 Å². The minimum absolute atomic E-state index is 0.641. The van der Waals surface area contributed by atoms with Crippen LogP contribution in [0.5, 0.6) is 0 Å². The summed E-state index contributed by atoms with van der Waals surface area (Å²) in [5, 5.41) is 7.10.